The fourth-order valence-electron chi connectivity index (χ4n) is 5.56. The van der Waals surface area contributed by atoms with E-state index in [2.05, 4.69) is 32.3 Å². The van der Waals surface area contributed by atoms with E-state index in [1.54, 1.807) is 18.3 Å². The summed E-state index contributed by atoms with van der Waals surface area (Å²) >= 11 is 7.79. The van der Waals surface area contributed by atoms with E-state index in [4.69, 9.17) is 11.6 Å². The zero-order valence-corrected chi connectivity index (χ0v) is 26.6. The third kappa shape index (κ3) is 9.53. The summed E-state index contributed by atoms with van der Waals surface area (Å²) in [7, 11) is 0. The maximum Gasteiger partial charge on any atom is 0.251 e. The fourth-order valence-corrected chi connectivity index (χ4v) is 6.28. The molecule has 0 spiro atoms. The first-order valence-corrected chi connectivity index (χ1v) is 16.4. The topological polar surface area (TPSA) is 112 Å². The zero-order valence-electron chi connectivity index (χ0n) is 25.1. The molecule has 1 fully saturated rings. The van der Waals surface area contributed by atoms with Crippen molar-refractivity contribution in [2.24, 2.45) is 5.92 Å². The Hall–Kier alpha value is -3.43. The van der Waals surface area contributed by atoms with Gasteiger partial charge in [-0.3, -0.25) is 14.4 Å². The molecule has 1 aromatic heterocycles. The number of benzene rings is 2. The van der Waals surface area contributed by atoms with Crippen LogP contribution in [0.2, 0.25) is 5.02 Å². The lowest BCUT2D eigenvalue weighted by molar-refractivity contribution is -0.131. The average Bonchev–Trinajstić information content (AvgIpc) is 3.52. The van der Waals surface area contributed by atoms with Gasteiger partial charge in [0, 0.05) is 40.7 Å². The highest BCUT2D eigenvalue weighted by Crippen LogP contribution is 2.34. The Labute approximate surface area is 263 Å². The van der Waals surface area contributed by atoms with Crippen LogP contribution in [0.15, 0.2) is 60.1 Å². The summed E-state index contributed by atoms with van der Waals surface area (Å²) in [6.45, 7) is 6.48. The highest BCUT2D eigenvalue weighted by Gasteiger charge is 2.32. The summed E-state index contributed by atoms with van der Waals surface area (Å²) in [6.07, 6.45) is 6.61. The van der Waals surface area contributed by atoms with E-state index in [0.717, 1.165) is 41.9 Å². The normalized spacial score (nSPS) is 18.0. The lowest BCUT2D eigenvalue weighted by Gasteiger charge is -2.34. The summed E-state index contributed by atoms with van der Waals surface area (Å²) in [6, 6.07) is 13.6. The number of hydrogen-bond donors (Lipinski definition) is 4. The first-order valence-electron chi connectivity index (χ1n) is 15.1. The maximum atomic E-state index is 13.6. The van der Waals surface area contributed by atoms with Crippen LogP contribution in [0.3, 0.4) is 0 Å². The minimum atomic E-state index is -0.768. The van der Waals surface area contributed by atoms with E-state index in [9.17, 15) is 14.4 Å². The largest absolute Gasteiger partial charge is 0.357 e. The van der Waals surface area contributed by atoms with Gasteiger partial charge in [-0.1, -0.05) is 69.5 Å². The molecule has 8 nitrogen and oxygen atoms in total. The number of anilines is 1. The Morgan fingerprint density at radius 1 is 1.00 bits per heavy atom. The molecule has 10 heteroatoms. The molecule has 230 valence electrons. The summed E-state index contributed by atoms with van der Waals surface area (Å²) in [5.41, 5.74) is 2.60. The van der Waals surface area contributed by atoms with Gasteiger partial charge in [0.1, 0.15) is 12.1 Å². The second-order valence-electron chi connectivity index (χ2n) is 11.6. The summed E-state index contributed by atoms with van der Waals surface area (Å²) < 4.78 is 0. The molecule has 0 aliphatic heterocycles. The second kappa shape index (κ2) is 15.9. The van der Waals surface area contributed by atoms with E-state index >= 15 is 0 Å². The van der Waals surface area contributed by atoms with Crippen LogP contribution in [0.4, 0.5) is 5.13 Å². The van der Waals surface area contributed by atoms with Gasteiger partial charge in [-0.2, -0.15) is 0 Å². The molecule has 1 aliphatic rings. The van der Waals surface area contributed by atoms with Crippen molar-refractivity contribution in [3.8, 4) is 0 Å². The molecule has 4 N–H and O–H groups in total. The highest BCUT2D eigenvalue weighted by molar-refractivity contribution is 7.13. The number of thiazole rings is 1. The van der Waals surface area contributed by atoms with Gasteiger partial charge in [-0.15, -0.1) is 11.3 Å². The van der Waals surface area contributed by atoms with E-state index in [1.165, 1.54) is 11.3 Å². The number of aromatic nitrogens is 1. The molecule has 1 heterocycles. The van der Waals surface area contributed by atoms with Gasteiger partial charge in [0.2, 0.25) is 11.8 Å². The molecular weight excluding hydrogens is 582 g/mol. The van der Waals surface area contributed by atoms with Crippen LogP contribution < -0.4 is 21.3 Å². The van der Waals surface area contributed by atoms with Crippen molar-refractivity contribution < 1.29 is 14.4 Å². The molecule has 43 heavy (non-hydrogen) atoms. The van der Waals surface area contributed by atoms with Crippen molar-refractivity contribution in [1.29, 1.82) is 0 Å². The van der Waals surface area contributed by atoms with Crippen molar-refractivity contribution in [3.63, 3.8) is 0 Å². The Bertz CT molecular complexity index is 1350. The van der Waals surface area contributed by atoms with Crippen molar-refractivity contribution in [2.45, 2.75) is 89.9 Å². The molecular formula is C33H42ClN5O3S. The minimum absolute atomic E-state index is 0.0345. The molecule has 0 radical (unpaired) electrons. The predicted octanol–water partition coefficient (Wildman–Crippen LogP) is 6.29. The van der Waals surface area contributed by atoms with Crippen LogP contribution in [0.5, 0.6) is 0 Å². The smallest absolute Gasteiger partial charge is 0.251 e. The van der Waals surface area contributed by atoms with E-state index in [-0.39, 0.29) is 35.6 Å². The molecule has 0 saturated heterocycles. The molecule has 4 atom stereocenters. The van der Waals surface area contributed by atoms with Crippen LogP contribution in [0, 0.1) is 5.92 Å². The van der Waals surface area contributed by atoms with Gasteiger partial charge < -0.3 is 21.3 Å². The van der Waals surface area contributed by atoms with Gasteiger partial charge >= 0.3 is 0 Å². The summed E-state index contributed by atoms with van der Waals surface area (Å²) in [4.78, 5) is 44.2. The van der Waals surface area contributed by atoms with Gasteiger partial charge in [0.25, 0.3) is 5.91 Å². The van der Waals surface area contributed by atoms with Gasteiger partial charge in [0.05, 0.1) is 0 Å². The molecule has 0 unspecified atom stereocenters. The Morgan fingerprint density at radius 3 is 2.44 bits per heavy atom. The Kier molecular flexibility index (Phi) is 12.0. The molecule has 2 aromatic carbocycles. The van der Waals surface area contributed by atoms with Crippen molar-refractivity contribution in [3.05, 3.63) is 81.8 Å². The Balaban J connectivity index is 1.36. The van der Waals surface area contributed by atoms with Crippen LogP contribution in [-0.2, 0) is 16.1 Å². The van der Waals surface area contributed by atoms with Gasteiger partial charge in [-0.25, -0.2) is 4.98 Å². The monoisotopic (exact) mass is 623 g/mol. The summed E-state index contributed by atoms with van der Waals surface area (Å²) in [5, 5.41) is 15.7. The number of rotatable bonds is 13. The quantitative estimate of drug-likeness (QED) is 0.179. The van der Waals surface area contributed by atoms with E-state index < -0.39 is 12.1 Å². The minimum Gasteiger partial charge on any atom is -0.357 e. The van der Waals surface area contributed by atoms with E-state index in [0.29, 0.717) is 30.0 Å². The number of hydrogen-bond acceptors (Lipinski definition) is 6. The van der Waals surface area contributed by atoms with Crippen molar-refractivity contribution in [2.75, 3.05) is 5.32 Å². The molecule has 0 bridgehead atoms. The van der Waals surface area contributed by atoms with Crippen molar-refractivity contribution >= 4 is 45.8 Å². The molecule has 1 aliphatic carbocycles. The van der Waals surface area contributed by atoms with E-state index in [1.807, 2.05) is 56.5 Å². The first kappa shape index (κ1) is 32.5. The number of halogens is 1. The molecule has 3 aromatic rings. The van der Waals surface area contributed by atoms with Crippen molar-refractivity contribution in [1.82, 2.24) is 20.9 Å². The van der Waals surface area contributed by atoms with Gasteiger partial charge in [0.15, 0.2) is 5.13 Å². The van der Waals surface area contributed by atoms with Crippen LogP contribution in [0.1, 0.15) is 86.7 Å². The number of carbonyl (C=O) groups excluding carboxylic acids is 3. The standard InChI is InChI=1S/C33H42ClN5O3S/c1-4-27(37-30(40)23-14-12-22(13-15-23)20-36-33-35-16-17-43-33)31(41)39-29(18-21(2)3)32(42)38-28-11-6-5-10-26(28)24-8-7-9-25(34)19-24/h7-9,12-17,19,21,26-29H,4-6,10-11,18,20H2,1-3H3,(H,35,36)(H,37,40)(H,38,42)(H,39,41)/t26-,27-,28+,29-/m0/s1. The van der Waals surface area contributed by atoms with Crippen LogP contribution in [0.25, 0.3) is 0 Å². The fraction of sp³-hybridized carbons (Fsp3) is 0.455. The SMILES string of the molecule is CC[C@H](NC(=O)c1ccc(CNc2nccs2)cc1)C(=O)N[C@@H](CC(C)C)C(=O)N[C@@H]1CCCC[C@H]1c1cccc(Cl)c1. The number of carbonyl (C=O) groups is 3. The lowest BCUT2D eigenvalue weighted by Crippen LogP contribution is -2.55. The molecule has 4 rings (SSSR count). The molecule has 1 saturated carbocycles. The highest BCUT2D eigenvalue weighted by atomic mass is 35.5. The average molecular weight is 624 g/mol. The predicted molar refractivity (Wildman–Crippen MR) is 173 cm³/mol. The van der Waals surface area contributed by atoms with Gasteiger partial charge in [-0.05, 0) is 67.0 Å². The number of amides is 3. The van der Waals surface area contributed by atoms with Crippen LogP contribution in [-0.4, -0.2) is 40.8 Å². The third-order valence-electron chi connectivity index (χ3n) is 7.83. The molecule has 3 amide bonds. The summed E-state index contributed by atoms with van der Waals surface area (Å²) in [5.74, 6) is -0.536. The second-order valence-corrected chi connectivity index (χ2v) is 12.9. The zero-order chi connectivity index (χ0) is 30.8. The maximum absolute atomic E-state index is 13.6. The third-order valence-corrected chi connectivity index (χ3v) is 8.80. The number of nitrogens with one attached hydrogen (secondary N) is 4. The van der Waals surface area contributed by atoms with Crippen LogP contribution >= 0.6 is 22.9 Å². The Morgan fingerprint density at radius 2 is 1.77 bits per heavy atom. The number of nitrogens with zero attached hydrogens (tertiary/aromatic N) is 1. The first-order chi connectivity index (χ1) is 20.7. The lowest BCUT2D eigenvalue weighted by atomic mass is 9.80.